The van der Waals surface area contributed by atoms with Gasteiger partial charge in [0.05, 0.1) is 0 Å². The average molecular weight is 401 g/mol. The highest BCUT2D eigenvalue weighted by molar-refractivity contribution is 5.76. The molecule has 0 unspecified atom stereocenters. The largest absolute Gasteiger partial charge is 0.484 e. The van der Waals surface area contributed by atoms with Crippen molar-refractivity contribution in [3.63, 3.8) is 0 Å². The Balaban J connectivity index is 1.34. The second-order valence-corrected chi connectivity index (χ2v) is 7.70. The molecule has 4 rings (SSSR count). The van der Waals surface area contributed by atoms with E-state index in [2.05, 4.69) is 46.6 Å². The molecule has 154 valence electrons. The molecule has 0 bridgehead atoms. The number of fused-ring (bicyclic) bond motifs is 1. The van der Waals surface area contributed by atoms with Crippen LogP contribution in [-0.2, 0) is 17.8 Å². The number of nitrogens with zero attached hydrogens (tertiary/aromatic N) is 1. The van der Waals surface area contributed by atoms with Gasteiger partial charge in [-0.05, 0) is 23.6 Å². The number of hydrogen-bond acceptors (Lipinski definition) is 3. The minimum atomic E-state index is -0.0244. The highest BCUT2D eigenvalue weighted by atomic mass is 16.5. The van der Waals surface area contributed by atoms with E-state index in [1.807, 2.05) is 48.5 Å². The molecule has 0 spiro atoms. The summed E-state index contributed by atoms with van der Waals surface area (Å²) in [5.74, 6) is 1.05. The van der Waals surface area contributed by atoms with Gasteiger partial charge in [-0.1, -0.05) is 78.9 Å². The van der Waals surface area contributed by atoms with Crippen molar-refractivity contribution >= 4 is 5.91 Å². The molecule has 4 nitrogen and oxygen atoms in total. The standard InChI is InChI=1S/C26H28N2O2/c29-26(16-15-21-9-3-1-4-10-21)27-17-18-28-19-23-13-7-8-14-24(23)30-25(20-28)22-11-5-2-6-12-22/h1-14,25H,15-20H2,(H,27,29)/t25-/m1/s1. The highest BCUT2D eigenvalue weighted by Gasteiger charge is 2.23. The number of ether oxygens (including phenoxy) is 1. The first kappa shape index (κ1) is 20.2. The van der Waals surface area contributed by atoms with Crippen molar-refractivity contribution < 1.29 is 9.53 Å². The van der Waals surface area contributed by atoms with E-state index in [1.54, 1.807) is 0 Å². The van der Waals surface area contributed by atoms with Crippen molar-refractivity contribution in [1.82, 2.24) is 10.2 Å². The zero-order valence-electron chi connectivity index (χ0n) is 17.2. The Morgan fingerprint density at radius 1 is 0.933 bits per heavy atom. The molecular formula is C26H28N2O2. The average Bonchev–Trinajstić information content (AvgIpc) is 2.98. The van der Waals surface area contributed by atoms with Crippen molar-refractivity contribution in [3.05, 3.63) is 102 Å². The first-order valence-electron chi connectivity index (χ1n) is 10.6. The zero-order chi connectivity index (χ0) is 20.6. The third-order valence-electron chi connectivity index (χ3n) is 5.46. The number of aryl methyl sites for hydroxylation is 1. The van der Waals surface area contributed by atoms with Gasteiger partial charge in [0, 0.05) is 38.2 Å². The zero-order valence-corrected chi connectivity index (χ0v) is 17.2. The smallest absolute Gasteiger partial charge is 0.220 e. The van der Waals surface area contributed by atoms with E-state index in [0.717, 1.165) is 31.8 Å². The molecule has 4 heteroatoms. The first-order valence-corrected chi connectivity index (χ1v) is 10.6. The van der Waals surface area contributed by atoms with Crippen LogP contribution in [0.3, 0.4) is 0 Å². The van der Waals surface area contributed by atoms with Crippen LogP contribution in [0.1, 0.15) is 29.2 Å². The van der Waals surface area contributed by atoms with Crippen LogP contribution in [0.2, 0.25) is 0 Å². The van der Waals surface area contributed by atoms with E-state index < -0.39 is 0 Å². The maximum atomic E-state index is 12.3. The number of carbonyl (C=O) groups excluding carboxylic acids is 1. The van der Waals surface area contributed by atoms with Crippen molar-refractivity contribution in [1.29, 1.82) is 0 Å². The lowest BCUT2D eigenvalue weighted by Crippen LogP contribution is -2.36. The van der Waals surface area contributed by atoms with Crippen molar-refractivity contribution in [2.45, 2.75) is 25.5 Å². The number of carbonyl (C=O) groups is 1. The van der Waals surface area contributed by atoms with Gasteiger partial charge in [-0.15, -0.1) is 0 Å². The molecule has 0 saturated carbocycles. The summed E-state index contributed by atoms with van der Waals surface area (Å²) < 4.78 is 6.36. The molecule has 1 aliphatic rings. The van der Waals surface area contributed by atoms with Crippen LogP contribution in [0.25, 0.3) is 0 Å². The lowest BCUT2D eigenvalue weighted by molar-refractivity contribution is -0.121. The van der Waals surface area contributed by atoms with E-state index in [9.17, 15) is 4.79 Å². The van der Waals surface area contributed by atoms with E-state index in [0.29, 0.717) is 13.0 Å². The maximum Gasteiger partial charge on any atom is 0.220 e. The van der Waals surface area contributed by atoms with Gasteiger partial charge < -0.3 is 10.1 Å². The quantitative estimate of drug-likeness (QED) is 0.640. The van der Waals surface area contributed by atoms with Crippen LogP contribution in [0.4, 0.5) is 0 Å². The Labute approximate surface area is 178 Å². The Hall–Kier alpha value is -3.11. The van der Waals surface area contributed by atoms with Crippen LogP contribution in [0, 0.1) is 0 Å². The van der Waals surface area contributed by atoms with E-state index in [4.69, 9.17) is 4.74 Å². The molecule has 1 amide bonds. The summed E-state index contributed by atoms with van der Waals surface area (Å²) >= 11 is 0. The van der Waals surface area contributed by atoms with Gasteiger partial charge in [-0.25, -0.2) is 0 Å². The molecule has 1 atom stereocenters. The van der Waals surface area contributed by atoms with Crippen molar-refractivity contribution in [2.75, 3.05) is 19.6 Å². The molecule has 0 aromatic heterocycles. The van der Waals surface area contributed by atoms with E-state index in [-0.39, 0.29) is 12.0 Å². The molecule has 0 saturated heterocycles. The van der Waals surface area contributed by atoms with Crippen LogP contribution < -0.4 is 10.1 Å². The lowest BCUT2D eigenvalue weighted by atomic mass is 10.1. The first-order chi connectivity index (χ1) is 14.8. The summed E-state index contributed by atoms with van der Waals surface area (Å²) in [6, 6.07) is 28.7. The topological polar surface area (TPSA) is 41.6 Å². The Morgan fingerprint density at radius 3 is 2.43 bits per heavy atom. The molecule has 0 aliphatic carbocycles. The summed E-state index contributed by atoms with van der Waals surface area (Å²) in [6.45, 7) is 3.04. The minimum Gasteiger partial charge on any atom is -0.484 e. The van der Waals surface area contributed by atoms with E-state index in [1.165, 1.54) is 16.7 Å². The summed E-state index contributed by atoms with van der Waals surface area (Å²) in [6.07, 6.45) is 1.26. The second-order valence-electron chi connectivity index (χ2n) is 7.70. The predicted octanol–water partition coefficient (Wildman–Crippen LogP) is 4.37. The normalized spacial score (nSPS) is 16.2. The van der Waals surface area contributed by atoms with Crippen LogP contribution in [-0.4, -0.2) is 30.4 Å². The fraction of sp³-hybridized carbons (Fsp3) is 0.269. The second kappa shape index (κ2) is 10.1. The summed E-state index contributed by atoms with van der Waals surface area (Å²) in [5.41, 5.74) is 3.55. The molecule has 3 aromatic carbocycles. The van der Waals surface area contributed by atoms with Crippen molar-refractivity contribution in [3.8, 4) is 5.75 Å². The summed E-state index contributed by atoms with van der Waals surface area (Å²) in [5, 5.41) is 3.08. The molecule has 1 N–H and O–H groups in total. The molecular weight excluding hydrogens is 372 g/mol. The number of nitrogens with one attached hydrogen (secondary N) is 1. The lowest BCUT2D eigenvalue weighted by Gasteiger charge is -2.24. The third-order valence-corrected chi connectivity index (χ3v) is 5.46. The fourth-order valence-corrected chi connectivity index (χ4v) is 3.84. The van der Waals surface area contributed by atoms with Gasteiger partial charge in [0.25, 0.3) is 0 Å². The Morgan fingerprint density at radius 2 is 1.63 bits per heavy atom. The van der Waals surface area contributed by atoms with Crippen LogP contribution >= 0.6 is 0 Å². The highest BCUT2D eigenvalue weighted by Crippen LogP contribution is 2.30. The number of benzene rings is 3. The fourth-order valence-electron chi connectivity index (χ4n) is 3.84. The maximum absolute atomic E-state index is 12.3. The van der Waals surface area contributed by atoms with Gasteiger partial charge in [0.1, 0.15) is 11.9 Å². The van der Waals surface area contributed by atoms with Gasteiger partial charge in [0.2, 0.25) is 5.91 Å². The molecule has 3 aromatic rings. The van der Waals surface area contributed by atoms with Gasteiger partial charge in [0.15, 0.2) is 0 Å². The molecule has 1 heterocycles. The van der Waals surface area contributed by atoms with Crippen LogP contribution in [0.15, 0.2) is 84.9 Å². The molecule has 0 radical (unpaired) electrons. The minimum absolute atomic E-state index is 0.0244. The van der Waals surface area contributed by atoms with Gasteiger partial charge in [-0.3, -0.25) is 9.69 Å². The monoisotopic (exact) mass is 400 g/mol. The number of hydrogen-bond donors (Lipinski definition) is 1. The summed E-state index contributed by atoms with van der Waals surface area (Å²) in [7, 11) is 0. The van der Waals surface area contributed by atoms with Gasteiger partial charge in [-0.2, -0.15) is 0 Å². The molecule has 30 heavy (non-hydrogen) atoms. The van der Waals surface area contributed by atoms with Crippen LogP contribution in [0.5, 0.6) is 5.75 Å². The Kier molecular flexibility index (Phi) is 6.78. The molecule has 0 fully saturated rings. The number of para-hydroxylation sites is 1. The van der Waals surface area contributed by atoms with E-state index >= 15 is 0 Å². The number of rotatable bonds is 7. The summed E-state index contributed by atoms with van der Waals surface area (Å²) in [4.78, 5) is 14.6. The van der Waals surface area contributed by atoms with Gasteiger partial charge >= 0.3 is 0 Å². The SMILES string of the molecule is O=C(CCc1ccccc1)NCCN1Cc2ccccc2O[C@@H](c2ccccc2)C1. The molecule has 1 aliphatic heterocycles. The van der Waals surface area contributed by atoms with Crippen molar-refractivity contribution in [2.24, 2.45) is 0 Å². The Bertz CT molecular complexity index is 944. The predicted molar refractivity (Wildman–Crippen MR) is 119 cm³/mol. The number of amides is 1. The third kappa shape index (κ3) is 5.49.